The molecule has 0 aliphatic rings. The van der Waals surface area contributed by atoms with E-state index in [1.165, 1.54) is 0 Å². The quantitative estimate of drug-likeness (QED) is 0.706. The van der Waals surface area contributed by atoms with Crippen LogP contribution in [0.5, 0.6) is 0 Å². The molecule has 4 nitrogen and oxygen atoms in total. The zero-order valence-electron chi connectivity index (χ0n) is 11.4. The van der Waals surface area contributed by atoms with E-state index in [4.69, 9.17) is 0 Å². The van der Waals surface area contributed by atoms with Crippen molar-refractivity contribution in [2.45, 2.75) is 39.2 Å². The molecular formula is C13H25N3O. The van der Waals surface area contributed by atoms with Gasteiger partial charge in [-0.25, -0.2) is 0 Å². The van der Waals surface area contributed by atoms with Crippen LogP contribution in [0.3, 0.4) is 0 Å². The molecule has 0 aromatic carbocycles. The SMILES string of the molecule is CC(C)CNCCC(C)(O)Cc1ccn(C)n1. The summed E-state index contributed by atoms with van der Waals surface area (Å²) in [6, 6.07) is 1.95. The van der Waals surface area contributed by atoms with E-state index in [-0.39, 0.29) is 0 Å². The minimum Gasteiger partial charge on any atom is -0.390 e. The van der Waals surface area contributed by atoms with Gasteiger partial charge in [0, 0.05) is 19.7 Å². The Morgan fingerprint density at radius 3 is 2.76 bits per heavy atom. The highest BCUT2D eigenvalue weighted by Crippen LogP contribution is 2.15. The van der Waals surface area contributed by atoms with Gasteiger partial charge in [-0.1, -0.05) is 13.8 Å². The van der Waals surface area contributed by atoms with Crippen molar-refractivity contribution in [1.82, 2.24) is 15.1 Å². The molecule has 98 valence electrons. The van der Waals surface area contributed by atoms with Crippen molar-refractivity contribution in [2.24, 2.45) is 13.0 Å². The molecule has 4 heteroatoms. The summed E-state index contributed by atoms with van der Waals surface area (Å²) in [6.07, 6.45) is 3.26. The third kappa shape index (κ3) is 5.84. The van der Waals surface area contributed by atoms with Gasteiger partial charge in [0.25, 0.3) is 0 Å². The second-order valence-corrected chi connectivity index (χ2v) is 5.50. The number of aryl methyl sites for hydroxylation is 1. The highest BCUT2D eigenvalue weighted by molar-refractivity contribution is 5.03. The molecule has 1 heterocycles. The summed E-state index contributed by atoms with van der Waals surface area (Å²) in [6.45, 7) is 8.08. The van der Waals surface area contributed by atoms with Crippen molar-refractivity contribution in [3.05, 3.63) is 18.0 Å². The van der Waals surface area contributed by atoms with Crippen LogP contribution in [0.15, 0.2) is 12.3 Å². The number of nitrogens with one attached hydrogen (secondary N) is 1. The van der Waals surface area contributed by atoms with E-state index >= 15 is 0 Å². The molecule has 0 aliphatic carbocycles. The van der Waals surface area contributed by atoms with Crippen LogP contribution in [0, 0.1) is 5.92 Å². The van der Waals surface area contributed by atoms with Crippen molar-refractivity contribution in [3.63, 3.8) is 0 Å². The fourth-order valence-corrected chi connectivity index (χ4v) is 1.78. The smallest absolute Gasteiger partial charge is 0.0687 e. The Kier molecular flexibility index (Phi) is 5.15. The molecule has 2 N–H and O–H groups in total. The van der Waals surface area contributed by atoms with Gasteiger partial charge in [-0.2, -0.15) is 5.10 Å². The molecule has 1 aromatic rings. The molecule has 0 bridgehead atoms. The van der Waals surface area contributed by atoms with E-state index in [2.05, 4.69) is 24.3 Å². The summed E-state index contributed by atoms with van der Waals surface area (Å²) >= 11 is 0. The third-order valence-corrected chi connectivity index (χ3v) is 2.72. The minimum absolute atomic E-state index is 0.608. The predicted octanol–water partition coefficient (Wildman–Crippen LogP) is 1.35. The fraction of sp³-hybridized carbons (Fsp3) is 0.769. The van der Waals surface area contributed by atoms with Gasteiger partial charge >= 0.3 is 0 Å². The third-order valence-electron chi connectivity index (χ3n) is 2.72. The van der Waals surface area contributed by atoms with Gasteiger partial charge in [0.05, 0.1) is 11.3 Å². The van der Waals surface area contributed by atoms with Crippen LogP contribution < -0.4 is 5.32 Å². The summed E-state index contributed by atoms with van der Waals surface area (Å²) < 4.78 is 1.77. The first-order valence-electron chi connectivity index (χ1n) is 6.31. The van der Waals surface area contributed by atoms with Crippen molar-refractivity contribution in [2.75, 3.05) is 13.1 Å². The van der Waals surface area contributed by atoms with Gasteiger partial charge < -0.3 is 10.4 Å². The Balaban J connectivity index is 2.30. The second kappa shape index (κ2) is 6.17. The molecule has 1 atom stereocenters. The van der Waals surface area contributed by atoms with Crippen molar-refractivity contribution < 1.29 is 5.11 Å². The first-order valence-corrected chi connectivity index (χ1v) is 6.31. The lowest BCUT2D eigenvalue weighted by Crippen LogP contribution is -2.33. The fourth-order valence-electron chi connectivity index (χ4n) is 1.78. The maximum absolute atomic E-state index is 10.3. The zero-order chi connectivity index (χ0) is 12.9. The van der Waals surface area contributed by atoms with Crippen LogP contribution in [0.2, 0.25) is 0 Å². The predicted molar refractivity (Wildman–Crippen MR) is 69.9 cm³/mol. The molecule has 0 aliphatic heterocycles. The summed E-state index contributed by atoms with van der Waals surface area (Å²) in [7, 11) is 1.89. The van der Waals surface area contributed by atoms with Gasteiger partial charge in [0.15, 0.2) is 0 Å². The Bertz CT molecular complexity index is 331. The maximum Gasteiger partial charge on any atom is 0.0687 e. The summed E-state index contributed by atoms with van der Waals surface area (Å²) in [5.41, 5.74) is 0.263. The molecule has 0 radical (unpaired) electrons. The molecule has 0 spiro atoms. The van der Waals surface area contributed by atoms with Crippen molar-refractivity contribution in [3.8, 4) is 0 Å². The van der Waals surface area contributed by atoms with E-state index in [0.29, 0.717) is 12.3 Å². The second-order valence-electron chi connectivity index (χ2n) is 5.50. The monoisotopic (exact) mass is 239 g/mol. The largest absolute Gasteiger partial charge is 0.390 e. The molecule has 0 amide bonds. The molecule has 0 saturated carbocycles. The van der Waals surface area contributed by atoms with Gasteiger partial charge in [0.2, 0.25) is 0 Å². The highest BCUT2D eigenvalue weighted by Gasteiger charge is 2.21. The first kappa shape index (κ1) is 14.2. The molecule has 1 aromatic heterocycles. The average Bonchev–Trinajstić information content (AvgIpc) is 2.57. The standard InChI is InChI=1S/C13H25N3O/c1-11(2)10-14-7-6-13(3,17)9-12-5-8-16(4)15-12/h5,8,11,14,17H,6-7,9-10H2,1-4H3. The minimum atomic E-state index is -0.682. The van der Waals surface area contributed by atoms with Crippen molar-refractivity contribution in [1.29, 1.82) is 0 Å². The molecule has 0 saturated heterocycles. The van der Waals surface area contributed by atoms with Crippen LogP contribution in [0.4, 0.5) is 0 Å². The van der Waals surface area contributed by atoms with Gasteiger partial charge in [-0.15, -0.1) is 0 Å². The van der Waals surface area contributed by atoms with Crippen LogP contribution in [0.1, 0.15) is 32.9 Å². The number of rotatable bonds is 7. The van der Waals surface area contributed by atoms with E-state index in [0.717, 1.165) is 25.2 Å². The van der Waals surface area contributed by atoms with Gasteiger partial charge in [-0.05, 0) is 38.4 Å². The van der Waals surface area contributed by atoms with E-state index < -0.39 is 5.60 Å². The average molecular weight is 239 g/mol. The Labute approximate surface area is 104 Å². The Hall–Kier alpha value is -0.870. The van der Waals surface area contributed by atoms with Gasteiger partial charge in [-0.3, -0.25) is 4.68 Å². The van der Waals surface area contributed by atoms with Crippen LogP contribution >= 0.6 is 0 Å². The first-order chi connectivity index (χ1) is 7.89. The number of nitrogens with zero attached hydrogens (tertiary/aromatic N) is 2. The molecule has 0 fully saturated rings. The summed E-state index contributed by atoms with van der Waals surface area (Å²) in [5.74, 6) is 0.649. The van der Waals surface area contributed by atoms with Crippen molar-refractivity contribution >= 4 is 0 Å². The lowest BCUT2D eigenvalue weighted by molar-refractivity contribution is 0.0503. The number of hydrogen-bond donors (Lipinski definition) is 2. The van der Waals surface area contributed by atoms with Gasteiger partial charge in [0.1, 0.15) is 0 Å². The highest BCUT2D eigenvalue weighted by atomic mass is 16.3. The Morgan fingerprint density at radius 2 is 2.24 bits per heavy atom. The topological polar surface area (TPSA) is 50.1 Å². The van der Waals surface area contributed by atoms with Crippen LogP contribution in [-0.4, -0.2) is 33.6 Å². The normalized spacial score (nSPS) is 15.2. The summed E-state index contributed by atoms with van der Waals surface area (Å²) in [5, 5.41) is 17.9. The van der Waals surface area contributed by atoms with Crippen LogP contribution in [-0.2, 0) is 13.5 Å². The summed E-state index contributed by atoms with van der Waals surface area (Å²) in [4.78, 5) is 0. The maximum atomic E-state index is 10.3. The zero-order valence-corrected chi connectivity index (χ0v) is 11.4. The number of aliphatic hydroxyl groups is 1. The number of aromatic nitrogens is 2. The lowest BCUT2D eigenvalue weighted by atomic mass is 9.96. The van der Waals surface area contributed by atoms with Crippen LogP contribution in [0.25, 0.3) is 0 Å². The Morgan fingerprint density at radius 1 is 1.53 bits per heavy atom. The lowest BCUT2D eigenvalue weighted by Gasteiger charge is -2.22. The van der Waals surface area contributed by atoms with E-state index in [9.17, 15) is 5.11 Å². The van der Waals surface area contributed by atoms with E-state index in [1.54, 1.807) is 4.68 Å². The molecular weight excluding hydrogens is 214 g/mol. The number of hydrogen-bond acceptors (Lipinski definition) is 3. The molecule has 1 rings (SSSR count). The molecule has 1 unspecified atom stereocenters. The molecule has 17 heavy (non-hydrogen) atoms. The van der Waals surface area contributed by atoms with E-state index in [1.807, 2.05) is 26.2 Å².